The summed E-state index contributed by atoms with van der Waals surface area (Å²) < 4.78 is 39.8. The van der Waals surface area contributed by atoms with Gasteiger partial charge in [-0.2, -0.15) is 0 Å². The lowest BCUT2D eigenvalue weighted by Crippen LogP contribution is -2.27. The van der Waals surface area contributed by atoms with Gasteiger partial charge in [0.25, 0.3) is 0 Å². The molecule has 3 nitrogen and oxygen atoms in total. The zero-order valence-corrected chi connectivity index (χ0v) is 10.3. The predicted molar refractivity (Wildman–Crippen MR) is 60.3 cm³/mol. The summed E-state index contributed by atoms with van der Waals surface area (Å²) in [5.74, 6) is -0.791. The second-order valence-corrected chi connectivity index (χ2v) is 3.85. The van der Waals surface area contributed by atoms with E-state index in [-0.39, 0.29) is 24.1 Å². The van der Waals surface area contributed by atoms with Gasteiger partial charge in [-0.1, -0.05) is 12.1 Å². The molecule has 0 aliphatic carbocycles. The fourth-order valence-corrected chi connectivity index (χ4v) is 1.51. The molecule has 7 heteroatoms. The van der Waals surface area contributed by atoms with E-state index in [1.165, 1.54) is 30.1 Å². The van der Waals surface area contributed by atoms with Gasteiger partial charge >= 0.3 is 6.36 Å². The third-order valence-corrected chi connectivity index (χ3v) is 2.32. The summed E-state index contributed by atoms with van der Waals surface area (Å²) in [7, 11) is 1.52. The molecule has 0 unspecified atom stereocenters. The van der Waals surface area contributed by atoms with Crippen molar-refractivity contribution in [2.45, 2.75) is 12.9 Å². The van der Waals surface area contributed by atoms with Crippen molar-refractivity contribution in [3.8, 4) is 5.75 Å². The first-order chi connectivity index (χ1) is 8.31. The Balaban J connectivity index is 2.73. The van der Waals surface area contributed by atoms with Crippen LogP contribution in [0, 0.1) is 0 Å². The molecule has 1 aromatic rings. The van der Waals surface area contributed by atoms with E-state index in [0.717, 1.165) is 0 Å². The Hall–Kier alpha value is -1.43. The molecule has 0 aromatic heterocycles. The van der Waals surface area contributed by atoms with Gasteiger partial charge in [0.15, 0.2) is 0 Å². The quantitative estimate of drug-likeness (QED) is 0.794. The molecule has 0 bridgehead atoms. The van der Waals surface area contributed by atoms with Crippen LogP contribution in [0.2, 0.25) is 0 Å². The number of carbonyl (C=O) groups is 1. The van der Waals surface area contributed by atoms with Crippen molar-refractivity contribution in [2.24, 2.45) is 0 Å². The molecule has 18 heavy (non-hydrogen) atoms. The lowest BCUT2D eigenvalue weighted by molar-refractivity contribution is -0.274. The van der Waals surface area contributed by atoms with Crippen molar-refractivity contribution in [1.29, 1.82) is 0 Å². The van der Waals surface area contributed by atoms with Crippen LogP contribution in [0.15, 0.2) is 24.3 Å². The monoisotopic (exact) mass is 281 g/mol. The van der Waals surface area contributed by atoms with Crippen LogP contribution in [-0.4, -0.2) is 30.1 Å². The molecule has 0 N–H and O–H groups in total. The van der Waals surface area contributed by atoms with E-state index in [2.05, 4.69) is 4.74 Å². The zero-order chi connectivity index (χ0) is 13.8. The third-order valence-electron chi connectivity index (χ3n) is 2.09. The van der Waals surface area contributed by atoms with Gasteiger partial charge < -0.3 is 9.64 Å². The minimum Gasteiger partial charge on any atom is -0.406 e. The lowest BCUT2D eigenvalue weighted by atomic mass is 10.2. The molecule has 1 aromatic carbocycles. The topological polar surface area (TPSA) is 29.5 Å². The van der Waals surface area contributed by atoms with Crippen LogP contribution in [-0.2, 0) is 11.3 Å². The van der Waals surface area contributed by atoms with E-state index < -0.39 is 6.36 Å². The molecule has 0 fully saturated rings. The van der Waals surface area contributed by atoms with Crippen LogP contribution >= 0.6 is 11.6 Å². The molecule has 0 heterocycles. The Labute approximate surface area is 107 Å². The fourth-order valence-electron chi connectivity index (χ4n) is 1.31. The first-order valence-electron chi connectivity index (χ1n) is 4.96. The summed E-state index contributed by atoms with van der Waals surface area (Å²) in [6, 6.07) is 5.45. The highest BCUT2D eigenvalue weighted by Crippen LogP contribution is 2.23. The number of benzene rings is 1. The summed E-state index contributed by atoms with van der Waals surface area (Å²) in [5, 5.41) is 0. The molecule has 100 valence electrons. The smallest absolute Gasteiger partial charge is 0.406 e. The summed E-state index contributed by atoms with van der Waals surface area (Å²) in [6.45, 7) is 0.167. The molecule has 0 aliphatic rings. The Bertz CT molecular complexity index is 423. The Morgan fingerprint density at radius 1 is 1.44 bits per heavy atom. The second kappa shape index (κ2) is 5.95. The Kier molecular flexibility index (Phi) is 4.84. The summed E-state index contributed by atoms with van der Waals surface area (Å²) in [6.07, 6.45) is -4.73. The summed E-state index contributed by atoms with van der Waals surface area (Å²) in [5.41, 5.74) is 0.526. The number of alkyl halides is 4. The fraction of sp³-hybridized carbons (Fsp3) is 0.364. The van der Waals surface area contributed by atoms with Gasteiger partial charge in [0.1, 0.15) is 11.6 Å². The van der Waals surface area contributed by atoms with E-state index in [4.69, 9.17) is 11.6 Å². The second-order valence-electron chi connectivity index (χ2n) is 3.58. The minimum atomic E-state index is -4.73. The van der Waals surface area contributed by atoms with Crippen molar-refractivity contribution in [2.75, 3.05) is 12.9 Å². The molecule has 1 amide bonds. The number of nitrogens with zero attached hydrogens (tertiary/aromatic N) is 1. The van der Waals surface area contributed by atoms with Gasteiger partial charge in [-0.15, -0.1) is 24.8 Å². The number of hydrogen-bond donors (Lipinski definition) is 0. The number of ether oxygens (including phenoxy) is 1. The summed E-state index contributed by atoms with van der Waals surface area (Å²) in [4.78, 5) is 12.5. The van der Waals surface area contributed by atoms with Crippen molar-refractivity contribution in [3.63, 3.8) is 0 Å². The SMILES string of the molecule is CN(Cc1cccc(OC(F)(F)F)c1)C(=O)CCl. The highest BCUT2D eigenvalue weighted by Gasteiger charge is 2.31. The van der Waals surface area contributed by atoms with Crippen LogP contribution in [0.25, 0.3) is 0 Å². The highest BCUT2D eigenvalue weighted by molar-refractivity contribution is 6.27. The normalized spacial score (nSPS) is 11.2. The van der Waals surface area contributed by atoms with E-state index in [9.17, 15) is 18.0 Å². The van der Waals surface area contributed by atoms with Gasteiger partial charge in [-0.05, 0) is 17.7 Å². The van der Waals surface area contributed by atoms with Crippen LogP contribution in [0.5, 0.6) is 5.75 Å². The van der Waals surface area contributed by atoms with Crippen molar-refractivity contribution in [3.05, 3.63) is 29.8 Å². The number of halogens is 4. The first kappa shape index (κ1) is 14.6. The molecule has 0 spiro atoms. The standard InChI is InChI=1S/C11H11ClF3NO2/c1-16(10(17)6-12)7-8-3-2-4-9(5-8)18-11(13,14)15/h2-5H,6-7H2,1H3. The zero-order valence-electron chi connectivity index (χ0n) is 9.50. The molecule has 0 saturated heterocycles. The molecule has 0 radical (unpaired) electrons. The predicted octanol–water partition coefficient (Wildman–Crippen LogP) is 2.78. The van der Waals surface area contributed by atoms with Crippen LogP contribution in [0.4, 0.5) is 13.2 Å². The van der Waals surface area contributed by atoms with Gasteiger partial charge in [0.2, 0.25) is 5.91 Å². The lowest BCUT2D eigenvalue weighted by Gasteiger charge is -2.16. The number of amides is 1. The minimum absolute atomic E-state index is 0.167. The largest absolute Gasteiger partial charge is 0.573 e. The van der Waals surface area contributed by atoms with Crippen molar-refractivity contribution in [1.82, 2.24) is 4.90 Å². The van der Waals surface area contributed by atoms with E-state index in [1.54, 1.807) is 6.07 Å². The van der Waals surface area contributed by atoms with Crippen molar-refractivity contribution >= 4 is 17.5 Å². The van der Waals surface area contributed by atoms with Crippen molar-refractivity contribution < 1.29 is 22.7 Å². The van der Waals surface area contributed by atoms with E-state index in [0.29, 0.717) is 5.56 Å². The molecule has 0 atom stereocenters. The third kappa shape index (κ3) is 4.83. The molecule has 0 saturated carbocycles. The average molecular weight is 282 g/mol. The van der Waals surface area contributed by atoms with Gasteiger partial charge in [0.05, 0.1) is 0 Å². The molecule has 1 rings (SSSR count). The number of hydrogen-bond acceptors (Lipinski definition) is 2. The van der Waals surface area contributed by atoms with E-state index >= 15 is 0 Å². The Morgan fingerprint density at radius 3 is 2.67 bits per heavy atom. The maximum absolute atomic E-state index is 12.0. The van der Waals surface area contributed by atoms with Gasteiger partial charge in [-0.25, -0.2) is 0 Å². The van der Waals surface area contributed by atoms with Gasteiger partial charge in [0, 0.05) is 13.6 Å². The van der Waals surface area contributed by atoms with Crippen LogP contribution < -0.4 is 4.74 Å². The molecule has 0 aliphatic heterocycles. The maximum Gasteiger partial charge on any atom is 0.573 e. The van der Waals surface area contributed by atoms with E-state index in [1.807, 2.05) is 0 Å². The summed E-state index contributed by atoms with van der Waals surface area (Å²) >= 11 is 5.37. The average Bonchev–Trinajstić information content (AvgIpc) is 2.26. The highest BCUT2D eigenvalue weighted by atomic mass is 35.5. The maximum atomic E-state index is 12.0. The van der Waals surface area contributed by atoms with Gasteiger partial charge in [-0.3, -0.25) is 4.79 Å². The molecular weight excluding hydrogens is 271 g/mol. The number of carbonyl (C=O) groups excluding carboxylic acids is 1. The number of rotatable bonds is 4. The van der Waals surface area contributed by atoms with Crippen LogP contribution in [0.3, 0.4) is 0 Å². The van der Waals surface area contributed by atoms with Crippen LogP contribution in [0.1, 0.15) is 5.56 Å². The molecular formula is C11H11ClF3NO2. The Morgan fingerprint density at radius 2 is 2.11 bits per heavy atom. The first-order valence-corrected chi connectivity index (χ1v) is 5.50.